The van der Waals surface area contributed by atoms with Gasteiger partial charge >= 0.3 is 0 Å². The van der Waals surface area contributed by atoms with Crippen LogP contribution in [0, 0.1) is 0 Å². The van der Waals surface area contributed by atoms with E-state index in [0.717, 1.165) is 36.9 Å². The van der Waals surface area contributed by atoms with E-state index < -0.39 is 18.0 Å². The van der Waals surface area contributed by atoms with Crippen LogP contribution in [-0.2, 0) is 0 Å². The molecule has 30 heavy (non-hydrogen) atoms. The van der Waals surface area contributed by atoms with Crippen molar-refractivity contribution in [1.29, 1.82) is 0 Å². The Morgan fingerprint density at radius 2 is 2.03 bits per heavy atom. The summed E-state index contributed by atoms with van der Waals surface area (Å²) in [6.45, 7) is 7.46. The Bertz CT molecular complexity index is 576. The normalized spacial score (nSPS) is 24.6. The van der Waals surface area contributed by atoms with E-state index in [1.165, 1.54) is 25.0 Å². The molecular weight excluding hydrogens is 456 g/mol. The lowest BCUT2D eigenvalue weighted by molar-refractivity contribution is 0.00487. The van der Waals surface area contributed by atoms with Crippen molar-refractivity contribution in [2.45, 2.75) is 76.0 Å². The molecule has 174 valence electrons. The van der Waals surface area contributed by atoms with Crippen molar-refractivity contribution in [3.8, 4) is 0 Å². The number of hydroxylamine groups is 2. The van der Waals surface area contributed by atoms with Gasteiger partial charge in [-0.2, -0.15) is 10.6 Å². The van der Waals surface area contributed by atoms with E-state index in [0.29, 0.717) is 23.7 Å². The molecule has 3 unspecified atom stereocenters. The molecule has 5 atom stereocenters. The molecule has 1 heterocycles. The third-order valence-electron chi connectivity index (χ3n) is 5.10. The molecule has 0 radical (unpaired) electrons. The van der Waals surface area contributed by atoms with Gasteiger partial charge in [0.2, 0.25) is 0 Å². The average molecular weight is 494 g/mol. The number of nitrogens with one attached hydrogen (secondary N) is 3. The fraction of sp³-hybridized carbons (Fsp3) is 0.714. The van der Waals surface area contributed by atoms with Gasteiger partial charge in [-0.25, -0.2) is 19.2 Å². The Labute approximate surface area is 188 Å². The van der Waals surface area contributed by atoms with Crippen LogP contribution < -0.4 is 16.3 Å². The third-order valence-corrected chi connectivity index (χ3v) is 6.20. The summed E-state index contributed by atoms with van der Waals surface area (Å²) < 4.78 is 26.7. The second-order valence-electron chi connectivity index (χ2n) is 7.52. The second-order valence-corrected chi connectivity index (χ2v) is 8.70. The van der Waals surface area contributed by atoms with Crippen molar-refractivity contribution in [1.82, 2.24) is 26.3 Å². The van der Waals surface area contributed by atoms with Crippen LogP contribution in [0.15, 0.2) is 36.0 Å². The van der Waals surface area contributed by atoms with Crippen molar-refractivity contribution in [3.63, 3.8) is 0 Å². The summed E-state index contributed by atoms with van der Waals surface area (Å²) >= 11 is 3.77. The van der Waals surface area contributed by atoms with Gasteiger partial charge < -0.3 is 5.21 Å². The largest absolute Gasteiger partial charge is 0.312 e. The summed E-state index contributed by atoms with van der Waals surface area (Å²) in [5, 5.41) is 16.1. The Kier molecular flexibility index (Phi) is 13.8. The minimum absolute atomic E-state index is 0.122. The van der Waals surface area contributed by atoms with Crippen molar-refractivity contribution in [3.05, 3.63) is 36.0 Å². The molecule has 1 aliphatic heterocycles. The molecule has 0 aliphatic carbocycles. The number of hydrogen-bond acceptors (Lipinski definition) is 6. The van der Waals surface area contributed by atoms with E-state index in [1.54, 1.807) is 6.92 Å². The zero-order valence-electron chi connectivity index (χ0n) is 18.5. The second kappa shape index (κ2) is 15.2. The van der Waals surface area contributed by atoms with Gasteiger partial charge in [0.1, 0.15) is 12.0 Å². The van der Waals surface area contributed by atoms with Gasteiger partial charge in [0.05, 0.1) is 12.4 Å². The number of halogens is 3. The standard InChI is InChI=1S/C21H38BrF2N5O/c1-5-8-11-17(22)19(7-3)26-27-28(4)15-9-14-25-21-20(29(21)30)16(12-13-23)18(24)10-6-2/h6,10,12-13,17,19-21,25-27,30H,5,7-9,11,14-15H2,1-4H3/b10-6-,13-12+,18-16-/t17?,19?,20-,21-,29?/m0/s1. The third kappa shape index (κ3) is 9.21. The molecule has 6 nitrogen and oxygen atoms in total. The molecule has 1 aliphatic rings. The molecule has 0 aromatic heterocycles. The first-order valence-electron chi connectivity index (χ1n) is 10.8. The smallest absolute Gasteiger partial charge is 0.127 e. The predicted octanol–water partition coefficient (Wildman–Crippen LogP) is 4.32. The quantitative estimate of drug-likeness (QED) is 0.0843. The maximum absolute atomic E-state index is 14.1. The highest BCUT2D eigenvalue weighted by atomic mass is 79.9. The molecule has 0 aromatic rings. The minimum Gasteiger partial charge on any atom is -0.312 e. The van der Waals surface area contributed by atoms with E-state index in [9.17, 15) is 14.0 Å². The molecule has 0 amide bonds. The number of hydrogen-bond donors (Lipinski definition) is 4. The molecule has 1 saturated heterocycles. The Morgan fingerprint density at radius 1 is 1.30 bits per heavy atom. The topological polar surface area (TPSA) is 62.6 Å². The minimum atomic E-state index is -0.588. The predicted molar refractivity (Wildman–Crippen MR) is 122 cm³/mol. The van der Waals surface area contributed by atoms with E-state index in [2.05, 4.69) is 46.1 Å². The summed E-state index contributed by atoms with van der Waals surface area (Å²) in [5.74, 6) is -0.552. The number of rotatable bonds is 16. The van der Waals surface area contributed by atoms with Crippen LogP contribution >= 0.6 is 15.9 Å². The molecule has 0 bridgehead atoms. The summed E-state index contributed by atoms with van der Waals surface area (Å²) in [6, 6.07) is -0.247. The monoisotopic (exact) mass is 493 g/mol. The fourth-order valence-corrected chi connectivity index (χ4v) is 4.06. The lowest BCUT2D eigenvalue weighted by Gasteiger charge is -2.27. The van der Waals surface area contributed by atoms with E-state index in [1.807, 2.05) is 12.1 Å². The average Bonchev–Trinajstić information content (AvgIpc) is 3.36. The van der Waals surface area contributed by atoms with E-state index >= 15 is 0 Å². The maximum atomic E-state index is 14.1. The van der Waals surface area contributed by atoms with Gasteiger partial charge in [-0.15, -0.1) is 0 Å². The number of alkyl halides is 1. The highest BCUT2D eigenvalue weighted by Crippen LogP contribution is 2.33. The molecule has 1 fully saturated rings. The lowest BCUT2D eigenvalue weighted by atomic mass is 10.1. The summed E-state index contributed by atoms with van der Waals surface area (Å²) in [7, 11) is 1.96. The van der Waals surface area contributed by atoms with E-state index in [-0.39, 0.29) is 5.57 Å². The molecule has 0 spiro atoms. The van der Waals surface area contributed by atoms with Gasteiger partial charge in [0.15, 0.2) is 0 Å². The number of nitrogens with zero attached hydrogens (tertiary/aromatic N) is 2. The van der Waals surface area contributed by atoms with E-state index in [4.69, 9.17) is 0 Å². The molecule has 1 rings (SSSR count). The molecule has 0 aromatic carbocycles. The first kappa shape index (κ1) is 27.4. The lowest BCUT2D eigenvalue weighted by Crippen LogP contribution is -2.52. The first-order chi connectivity index (χ1) is 14.4. The van der Waals surface area contributed by atoms with Crippen molar-refractivity contribution in [2.75, 3.05) is 20.1 Å². The zero-order chi connectivity index (χ0) is 22.5. The van der Waals surface area contributed by atoms with Crippen LogP contribution in [0.5, 0.6) is 0 Å². The number of hydrazine groups is 2. The van der Waals surface area contributed by atoms with Crippen LogP contribution in [-0.4, -0.2) is 58.5 Å². The Morgan fingerprint density at radius 3 is 2.63 bits per heavy atom. The van der Waals surface area contributed by atoms with Crippen LogP contribution in [0.2, 0.25) is 0 Å². The summed E-state index contributed by atoms with van der Waals surface area (Å²) in [6.07, 6.45) is 9.10. The Hall–Kier alpha value is -0.680. The highest BCUT2D eigenvalue weighted by Gasteiger charge is 2.49. The number of unbranched alkanes of at least 4 members (excludes halogenated alkanes) is 1. The summed E-state index contributed by atoms with van der Waals surface area (Å²) in [4.78, 5) is 0.427. The molecule has 0 saturated carbocycles. The van der Waals surface area contributed by atoms with Crippen molar-refractivity contribution >= 4 is 15.9 Å². The van der Waals surface area contributed by atoms with Crippen LogP contribution in [0.25, 0.3) is 0 Å². The molecular formula is C21H38BrF2N5O. The SMILES string of the molecule is C\C=C/C(F)=C(\C=C\F)[C@H]1[C@@H](NCCCN(C)NNC(CC)C(Br)CCCC)N1O. The van der Waals surface area contributed by atoms with Gasteiger partial charge in [-0.3, -0.25) is 5.32 Å². The van der Waals surface area contributed by atoms with Crippen LogP contribution in [0.1, 0.15) is 52.9 Å². The number of allylic oxidation sites excluding steroid dienone is 3. The van der Waals surface area contributed by atoms with Crippen molar-refractivity contribution in [2.24, 2.45) is 0 Å². The molecule has 4 N–H and O–H groups in total. The maximum Gasteiger partial charge on any atom is 0.127 e. The van der Waals surface area contributed by atoms with Gasteiger partial charge in [-0.1, -0.05) is 48.7 Å². The Balaban J connectivity index is 2.34. The highest BCUT2D eigenvalue weighted by molar-refractivity contribution is 9.09. The fourth-order valence-electron chi connectivity index (χ4n) is 3.23. The first-order valence-corrected chi connectivity index (χ1v) is 11.7. The van der Waals surface area contributed by atoms with Crippen LogP contribution in [0.3, 0.4) is 0 Å². The van der Waals surface area contributed by atoms with Crippen LogP contribution in [0.4, 0.5) is 8.78 Å². The van der Waals surface area contributed by atoms with Crippen molar-refractivity contribution < 1.29 is 14.0 Å². The van der Waals surface area contributed by atoms with Gasteiger partial charge in [0, 0.05) is 30.0 Å². The molecule has 9 heteroatoms. The zero-order valence-corrected chi connectivity index (χ0v) is 20.1. The summed E-state index contributed by atoms with van der Waals surface area (Å²) in [5.41, 5.74) is 6.72. The van der Waals surface area contributed by atoms with Gasteiger partial charge in [0.25, 0.3) is 0 Å². The van der Waals surface area contributed by atoms with Gasteiger partial charge in [-0.05, 0) is 44.9 Å².